The highest BCUT2D eigenvalue weighted by molar-refractivity contribution is 7.99. The van der Waals surface area contributed by atoms with Crippen LogP contribution >= 0.6 is 11.8 Å². The van der Waals surface area contributed by atoms with Crippen molar-refractivity contribution in [3.8, 4) is 0 Å². The number of nitrogens with two attached hydrogens (primary N) is 2. The number of thioether (sulfide) groups is 1. The number of amides is 1. The molecule has 1 aromatic heterocycles. The van der Waals surface area contributed by atoms with Crippen LogP contribution in [0.2, 0.25) is 0 Å². The maximum Gasteiger partial charge on any atom is 0.243 e. The van der Waals surface area contributed by atoms with Crippen LogP contribution in [-0.4, -0.2) is 11.7 Å². The molecule has 19 heavy (non-hydrogen) atoms. The Balaban J connectivity index is 2.22. The lowest BCUT2D eigenvalue weighted by Crippen LogP contribution is -2.51. The lowest BCUT2D eigenvalue weighted by Gasteiger charge is -2.25. The van der Waals surface area contributed by atoms with E-state index in [1.165, 1.54) is 11.8 Å². The summed E-state index contributed by atoms with van der Waals surface area (Å²) in [7, 11) is 0. The van der Waals surface area contributed by atoms with Crippen LogP contribution < -0.4 is 11.5 Å². The molecular formula is C14H16N2O2S. The number of hydrogen-bond acceptors (Lipinski definition) is 4. The van der Waals surface area contributed by atoms with Gasteiger partial charge in [0.2, 0.25) is 5.91 Å². The summed E-state index contributed by atoms with van der Waals surface area (Å²) in [6.07, 6.45) is 1.61. The van der Waals surface area contributed by atoms with Gasteiger partial charge in [0.1, 0.15) is 11.3 Å². The van der Waals surface area contributed by atoms with Gasteiger partial charge in [-0.05, 0) is 18.6 Å². The van der Waals surface area contributed by atoms with Crippen molar-refractivity contribution in [2.45, 2.75) is 17.4 Å². The summed E-state index contributed by atoms with van der Waals surface area (Å²) in [5.41, 5.74) is 11.2. The Morgan fingerprint density at radius 1 is 1.32 bits per heavy atom. The second-order valence-electron chi connectivity index (χ2n) is 4.33. The molecule has 0 saturated carbocycles. The van der Waals surface area contributed by atoms with Gasteiger partial charge in [0.15, 0.2) is 0 Å². The Kier molecular flexibility index (Phi) is 3.97. The zero-order valence-electron chi connectivity index (χ0n) is 10.6. The number of aryl methyl sites for hydroxylation is 1. The number of benzene rings is 1. The first-order valence-corrected chi connectivity index (χ1v) is 6.84. The topological polar surface area (TPSA) is 82.2 Å². The summed E-state index contributed by atoms with van der Waals surface area (Å²) < 4.78 is 5.22. The summed E-state index contributed by atoms with van der Waals surface area (Å²) in [5.74, 6) is 0.643. The molecule has 2 rings (SSSR count). The molecule has 0 radical (unpaired) electrons. The van der Waals surface area contributed by atoms with Gasteiger partial charge in [0.25, 0.3) is 0 Å². The molecule has 0 saturated heterocycles. The minimum Gasteiger partial charge on any atom is -0.468 e. The first-order chi connectivity index (χ1) is 9.04. The average Bonchev–Trinajstić information content (AvgIpc) is 2.82. The van der Waals surface area contributed by atoms with Crippen LogP contribution in [0.25, 0.3) is 0 Å². The average molecular weight is 276 g/mol. The molecule has 1 aromatic carbocycles. The molecule has 1 heterocycles. The van der Waals surface area contributed by atoms with Crippen LogP contribution in [0.4, 0.5) is 0 Å². The van der Waals surface area contributed by atoms with Gasteiger partial charge in [-0.2, -0.15) is 0 Å². The number of hydrogen-bond donors (Lipinski definition) is 2. The fourth-order valence-corrected chi connectivity index (χ4v) is 2.84. The van der Waals surface area contributed by atoms with Crippen molar-refractivity contribution < 1.29 is 9.21 Å². The first kappa shape index (κ1) is 13.7. The summed E-state index contributed by atoms with van der Waals surface area (Å²) in [6.45, 7) is 1.87. The minimum atomic E-state index is -1.18. The van der Waals surface area contributed by atoms with E-state index in [1.807, 2.05) is 43.3 Å². The summed E-state index contributed by atoms with van der Waals surface area (Å²) in [4.78, 5) is 12.7. The molecule has 1 atom stereocenters. The number of rotatable bonds is 5. The van der Waals surface area contributed by atoms with E-state index >= 15 is 0 Å². The van der Waals surface area contributed by atoms with Crippen LogP contribution in [-0.2, 0) is 10.3 Å². The summed E-state index contributed by atoms with van der Waals surface area (Å²) in [5, 5.41) is 0. The second-order valence-corrected chi connectivity index (χ2v) is 5.35. The molecule has 5 heteroatoms. The number of carbonyl (C=O) groups excluding carboxylic acids is 1. The van der Waals surface area contributed by atoms with E-state index in [-0.39, 0.29) is 0 Å². The van der Waals surface area contributed by atoms with Gasteiger partial charge in [0, 0.05) is 10.6 Å². The number of carbonyl (C=O) groups is 1. The fourth-order valence-electron chi connectivity index (χ4n) is 1.75. The van der Waals surface area contributed by atoms with Crippen molar-refractivity contribution in [3.05, 3.63) is 54.0 Å². The predicted octanol–water partition coefficient (Wildman–Crippen LogP) is 2.02. The van der Waals surface area contributed by atoms with Crippen molar-refractivity contribution in [1.29, 1.82) is 0 Å². The van der Waals surface area contributed by atoms with Gasteiger partial charge in [0.05, 0.1) is 6.26 Å². The third kappa shape index (κ3) is 2.83. The van der Waals surface area contributed by atoms with Crippen molar-refractivity contribution in [1.82, 2.24) is 0 Å². The quantitative estimate of drug-likeness (QED) is 0.818. The normalized spacial score (nSPS) is 14.0. The molecule has 100 valence electrons. The van der Waals surface area contributed by atoms with E-state index in [0.29, 0.717) is 5.75 Å². The van der Waals surface area contributed by atoms with E-state index in [4.69, 9.17) is 15.9 Å². The Morgan fingerprint density at radius 2 is 2.00 bits per heavy atom. The smallest absolute Gasteiger partial charge is 0.243 e. The molecule has 1 unspecified atom stereocenters. The molecule has 0 bridgehead atoms. The maximum absolute atomic E-state index is 11.7. The van der Waals surface area contributed by atoms with Gasteiger partial charge in [-0.25, -0.2) is 0 Å². The molecule has 0 aliphatic rings. The summed E-state index contributed by atoms with van der Waals surface area (Å²) in [6, 6.07) is 11.0. The van der Waals surface area contributed by atoms with E-state index in [0.717, 1.165) is 16.2 Å². The van der Waals surface area contributed by atoms with Crippen molar-refractivity contribution >= 4 is 17.7 Å². The Labute approximate surface area is 116 Å². The van der Waals surface area contributed by atoms with E-state index in [9.17, 15) is 4.79 Å². The molecule has 0 spiro atoms. The van der Waals surface area contributed by atoms with Crippen LogP contribution in [0, 0.1) is 6.92 Å². The zero-order valence-corrected chi connectivity index (χ0v) is 11.4. The third-order valence-electron chi connectivity index (χ3n) is 3.00. The SMILES string of the molecule is Cc1occc1SCC(N)(C(N)=O)c1ccccc1. The highest BCUT2D eigenvalue weighted by Crippen LogP contribution is 2.30. The molecule has 2 aromatic rings. The number of furan rings is 1. The van der Waals surface area contributed by atoms with Crippen LogP contribution in [0.5, 0.6) is 0 Å². The maximum atomic E-state index is 11.7. The largest absolute Gasteiger partial charge is 0.468 e. The van der Waals surface area contributed by atoms with Crippen molar-refractivity contribution in [3.63, 3.8) is 0 Å². The van der Waals surface area contributed by atoms with Gasteiger partial charge in [-0.15, -0.1) is 11.8 Å². The molecule has 4 N–H and O–H groups in total. The van der Waals surface area contributed by atoms with Gasteiger partial charge >= 0.3 is 0 Å². The summed E-state index contributed by atoms with van der Waals surface area (Å²) >= 11 is 1.46. The van der Waals surface area contributed by atoms with Gasteiger partial charge < -0.3 is 15.9 Å². The number of primary amides is 1. The Morgan fingerprint density at radius 3 is 2.53 bits per heavy atom. The van der Waals surface area contributed by atoms with Gasteiger partial charge in [-0.1, -0.05) is 30.3 Å². The van der Waals surface area contributed by atoms with Crippen molar-refractivity contribution in [2.75, 3.05) is 5.75 Å². The Hall–Kier alpha value is -1.72. The van der Waals surface area contributed by atoms with Crippen LogP contribution in [0.15, 0.2) is 52.0 Å². The zero-order chi connectivity index (χ0) is 13.9. The van der Waals surface area contributed by atoms with Gasteiger partial charge in [-0.3, -0.25) is 4.79 Å². The molecule has 0 aliphatic heterocycles. The van der Waals surface area contributed by atoms with Crippen molar-refractivity contribution in [2.24, 2.45) is 11.5 Å². The fraction of sp³-hybridized carbons (Fsp3) is 0.214. The van der Waals surface area contributed by atoms with E-state index < -0.39 is 11.4 Å². The standard InChI is InChI=1S/C14H16N2O2S/c1-10-12(7-8-18-10)19-9-14(16,13(15)17)11-5-3-2-4-6-11/h2-8H,9,16H2,1H3,(H2,15,17). The Bertz CT molecular complexity index is 568. The van der Waals surface area contributed by atoms with Crippen LogP contribution in [0.1, 0.15) is 11.3 Å². The molecule has 4 nitrogen and oxygen atoms in total. The lowest BCUT2D eigenvalue weighted by molar-refractivity contribution is -0.122. The first-order valence-electron chi connectivity index (χ1n) is 5.85. The molecular weight excluding hydrogens is 260 g/mol. The van der Waals surface area contributed by atoms with E-state index in [1.54, 1.807) is 6.26 Å². The monoisotopic (exact) mass is 276 g/mol. The lowest BCUT2D eigenvalue weighted by atomic mass is 9.92. The second kappa shape index (κ2) is 5.50. The predicted molar refractivity (Wildman–Crippen MR) is 75.7 cm³/mol. The highest BCUT2D eigenvalue weighted by Gasteiger charge is 2.34. The molecule has 0 fully saturated rings. The minimum absolute atomic E-state index is 0.368. The highest BCUT2D eigenvalue weighted by atomic mass is 32.2. The third-order valence-corrected chi connectivity index (χ3v) is 4.33. The van der Waals surface area contributed by atoms with E-state index in [2.05, 4.69) is 0 Å². The molecule has 1 amide bonds. The van der Waals surface area contributed by atoms with Crippen LogP contribution in [0.3, 0.4) is 0 Å². The molecule has 0 aliphatic carbocycles.